The van der Waals surface area contributed by atoms with Gasteiger partial charge in [0, 0.05) is 37.2 Å². The third-order valence-corrected chi connectivity index (χ3v) is 15.0. The van der Waals surface area contributed by atoms with Crippen molar-refractivity contribution in [3.8, 4) is 44.5 Å². The van der Waals surface area contributed by atoms with E-state index in [1.165, 1.54) is 97.7 Å². The minimum absolute atomic E-state index is 0.553. The Morgan fingerprint density at radius 3 is 1.51 bits per heavy atom. The molecule has 1 aliphatic rings. The average molecular weight is 870 g/mol. The van der Waals surface area contributed by atoms with Gasteiger partial charge in [-0.1, -0.05) is 200 Å². The van der Waals surface area contributed by atoms with Gasteiger partial charge in [0.25, 0.3) is 0 Å². The van der Waals surface area contributed by atoms with Crippen LogP contribution in [0.3, 0.4) is 0 Å². The minimum atomic E-state index is -0.553. The van der Waals surface area contributed by atoms with Gasteiger partial charge in [-0.05, 0) is 138 Å². The Hall–Kier alpha value is -8.30. The standard InChI is InChI=1S/C65H43NS/c1-4-16-44(17-5-1)47-30-33-54(34-31-47)66(55-27-15-25-49(39-55)46-20-8-3-9-21-46)56-35-37-59-58-36-32-53(42-63(58)67-64(59)43-56)65(52-26-14-24-48(38-52)45-18-6-2-7-19-45)61-29-13-12-28-57(61)60-40-50-22-10-11-23-51(50)41-62(60)65/h1-43H. The molecule has 0 aliphatic heterocycles. The second kappa shape index (κ2) is 16.0. The van der Waals surface area contributed by atoms with E-state index in [1.54, 1.807) is 0 Å². The lowest BCUT2D eigenvalue weighted by Crippen LogP contribution is -2.28. The highest BCUT2D eigenvalue weighted by atomic mass is 32.1. The smallest absolute Gasteiger partial charge is 0.0714 e. The highest BCUT2D eigenvalue weighted by Crippen LogP contribution is 2.58. The van der Waals surface area contributed by atoms with Gasteiger partial charge in [-0.25, -0.2) is 0 Å². The first-order valence-electron chi connectivity index (χ1n) is 23.1. The molecule has 1 unspecified atom stereocenters. The van der Waals surface area contributed by atoms with Gasteiger partial charge < -0.3 is 4.90 Å². The van der Waals surface area contributed by atoms with Crippen molar-refractivity contribution in [1.29, 1.82) is 0 Å². The van der Waals surface area contributed by atoms with E-state index in [0.29, 0.717) is 0 Å². The molecule has 1 aromatic heterocycles. The number of rotatable bonds is 8. The fourth-order valence-electron chi connectivity index (χ4n) is 10.8. The van der Waals surface area contributed by atoms with E-state index in [4.69, 9.17) is 0 Å². The summed E-state index contributed by atoms with van der Waals surface area (Å²) in [6.07, 6.45) is 0. The van der Waals surface area contributed by atoms with Crippen LogP contribution in [0.15, 0.2) is 261 Å². The van der Waals surface area contributed by atoms with Crippen LogP contribution in [0.5, 0.6) is 0 Å². The van der Waals surface area contributed by atoms with Crippen molar-refractivity contribution in [2.45, 2.75) is 5.41 Å². The van der Waals surface area contributed by atoms with E-state index in [1.807, 2.05) is 11.3 Å². The maximum atomic E-state index is 2.50. The summed E-state index contributed by atoms with van der Waals surface area (Å²) < 4.78 is 2.54. The van der Waals surface area contributed by atoms with Gasteiger partial charge in [0.15, 0.2) is 0 Å². The largest absolute Gasteiger partial charge is 0.310 e. The van der Waals surface area contributed by atoms with E-state index >= 15 is 0 Å². The zero-order chi connectivity index (χ0) is 44.3. The molecule has 0 N–H and O–H groups in total. The van der Waals surface area contributed by atoms with Crippen LogP contribution in [-0.4, -0.2) is 0 Å². The summed E-state index contributed by atoms with van der Waals surface area (Å²) >= 11 is 1.89. The van der Waals surface area contributed by atoms with Crippen molar-refractivity contribution in [3.63, 3.8) is 0 Å². The third-order valence-electron chi connectivity index (χ3n) is 13.9. The van der Waals surface area contributed by atoms with Crippen LogP contribution >= 0.6 is 11.3 Å². The fraction of sp³-hybridized carbons (Fsp3) is 0.0154. The number of nitrogens with zero attached hydrogens (tertiary/aromatic N) is 1. The van der Waals surface area contributed by atoms with Crippen LogP contribution in [0.2, 0.25) is 0 Å². The van der Waals surface area contributed by atoms with E-state index in [9.17, 15) is 0 Å². The van der Waals surface area contributed by atoms with Crippen molar-refractivity contribution in [3.05, 3.63) is 283 Å². The van der Waals surface area contributed by atoms with Crippen LogP contribution in [0.1, 0.15) is 22.3 Å². The molecule has 0 radical (unpaired) electrons. The molecule has 2 heteroatoms. The first kappa shape index (κ1) is 39.1. The second-order valence-electron chi connectivity index (χ2n) is 17.6. The Morgan fingerprint density at radius 1 is 0.284 bits per heavy atom. The Kier molecular flexibility index (Phi) is 9.33. The number of fused-ring (bicyclic) bond motifs is 7. The molecule has 67 heavy (non-hydrogen) atoms. The van der Waals surface area contributed by atoms with E-state index in [0.717, 1.165) is 17.1 Å². The molecular formula is C65H43NS. The molecule has 1 aliphatic carbocycles. The molecule has 12 aromatic rings. The maximum Gasteiger partial charge on any atom is 0.0714 e. The molecule has 1 atom stereocenters. The van der Waals surface area contributed by atoms with Crippen molar-refractivity contribution in [2.75, 3.05) is 4.90 Å². The summed E-state index contributed by atoms with van der Waals surface area (Å²) in [4.78, 5) is 2.40. The van der Waals surface area contributed by atoms with Crippen molar-refractivity contribution in [2.24, 2.45) is 0 Å². The van der Waals surface area contributed by atoms with Crippen molar-refractivity contribution >= 4 is 59.3 Å². The lowest BCUT2D eigenvalue weighted by molar-refractivity contribution is 0.771. The molecule has 0 amide bonds. The van der Waals surface area contributed by atoms with Gasteiger partial charge in [0.1, 0.15) is 0 Å². The summed E-state index contributed by atoms with van der Waals surface area (Å²) in [5.74, 6) is 0. The molecule has 1 nitrogen and oxygen atoms in total. The van der Waals surface area contributed by atoms with Crippen LogP contribution in [-0.2, 0) is 5.41 Å². The molecule has 11 aromatic carbocycles. The van der Waals surface area contributed by atoms with Gasteiger partial charge in [0.2, 0.25) is 0 Å². The Labute approximate surface area is 395 Å². The van der Waals surface area contributed by atoms with Crippen LogP contribution in [0.25, 0.3) is 75.5 Å². The monoisotopic (exact) mass is 869 g/mol. The first-order chi connectivity index (χ1) is 33.2. The summed E-state index contributed by atoms with van der Waals surface area (Å²) in [7, 11) is 0. The summed E-state index contributed by atoms with van der Waals surface area (Å²) in [5, 5.41) is 5.06. The van der Waals surface area contributed by atoms with Gasteiger partial charge in [-0.3, -0.25) is 0 Å². The summed E-state index contributed by atoms with van der Waals surface area (Å²) in [6, 6.07) is 96.4. The topological polar surface area (TPSA) is 3.24 Å². The van der Waals surface area contributed by atoms with Gasteiger partial charge in [0.05, 0.1) is 5.41 Å². The molecule has 0 saturated carbocycles. The lowest BCUT2D eigenvalue weighted by atomic mass is 9.67. The fourth-order valence-corrected chi connectivity index (χ4v) is 12.0. The predicted molar refractivity (Wildman–Crippen MR) is 285 cm³/mol. The highest BCUT2D eigenvalue weighted by molar-refractivity contribution is 7.25. The molecule has 0 fully saturated rings. The first-order valence-corrected chi connectivity index (χ1v) is 23.9. The molecule has 0 bridgehead atoms. The van der Waals surface area contributed by atoms with Gasteiger partial charge >= 0.3 is 0 Å². The third kappa shape index (κ3) is 6.52. The molecule has 0 saturated heterocycles. The van der Waals surface area contributed by atoms with Crippen molar-refractivity contribution < 1.29 is 0 Å². The van der Waals surface area contributed by atoms with E-state index in [2.05, 4.69) is 266 Å². The zero-order valence-corrected chi connectivity index (χ0v) is 37.5. The maximum absolute atomic E-state index is 2.50. The number of hydrogen-bond acceptors (Lipinski definition) is 2. The quantitative estimate of drug-likeness (QED) is 0.147. The van der Waals surface area contributed by atoms with Crippen molar-refractivity contribution in [1.82, 2.24) is 0 Å². The number of hydrogen-bond donors (Lipinski definition) is 0. The molecule has 314 valence electrons. The normalized spacial score (nSPS) is 14.0. The number of thiophene rings is 1. The van der Waals surface area contributed by atoms with Gasteiger partial charge in [-0.2, -0.15) is 0 Å². The number of anilines is 3. The van der Waals surface area contributed by atoms with Gasteiger partial charge in [-0.15, -0.1) is 11.3 Å². The number of benzene rings is 11. The van der Waals surface area contributed by atoms with Crippen LogP contribution in [0.4, 0.5) is 17.1 Å². The molecule has 0 spiro atoms. The average Bonchev–Trinajstić information content (AvgIpc) is 3.91. The second-order valence-corrected chi connectivity index (χ2v) is 18.7. The Balaban J connectivity index is 0.995. The zero-order valence-electron chi connectivity index (χ0n) is 36.7. The lowest BCUT2D eigenvalue weighted by Gasteiger charge is -2.34. The molecule has 13 rings (SSSR count). The van der Waals surface area contributed by atoms with Crippen LogP contribution in [0, 0.1) is 0 Å². The Bertz CT molecular complexity index is 3800. The predicted octanol–water partition coefficient (Wildman–Crippen LogP) is 18.0. The van der Waals surface area contributed by atoms with Crippen LogP contribution < -0.4 is 4.90 Å². The Morgan fingerprint density at radius 2 is 0.791 bits per heavy atom. The molecular weight excluding hydrogens is 827 g/mol. The van der Waals surface area contributed by atoms with E-state index < -0.39 is 5.41 Å². The summed E-state index contributed by atoms with van der Waals surface area (Å²) in [5.41, 5.74) is 17.8. The highest BCUT2D eigenvalue weighted by Gasteiger charge is 2.46. The summed E-state index contributed by atoms with van der Waals surface area (Å²) in [6.45, 7) is 0. The van der Waals surface area contributed by atoms with E-state index in [-0.39, 0.29) is 0 Å². The molecule has 1 heterocycles. The minimum Gasteiger partial charge on any atom is -0.310 e. The SMILES string of the molecule is c1ccc(-c2ccc(N(c3cccc(-c4ccccc4)c3)c3ccc4c(c3)sc3cc(C5(c6cccc(-c7ccccc7)c6)c6ccccc6-c6cc7ccccc7cc65)ccc34)cc2)cc1.